The number of anilines is 1. The van der Waals surface area contributed by atoms with Crippen molar-refractivity contribution in [3.8, 4) is 0 Å². The van der Waals surface area contributed by atoms with Gasteiger partial charge in [-0.1, -0.05) is 37.1 Å². The quantitative estimate of drug-likeness (QED) is 0.801. The maximum Gasteiger partial charge on any atom is 0.171 e. The van der Waals surface area contributed by atoms with Crippen LogP contribution in [0, 0.1) is 0 Å². The molecule has 16 heavy (non-hydrogen) atoms. The molecule has 2 N–H and O–H groups in total. The first-order valence-corrected chi connectivity index (χ1v) is 6.24. The molecule has 0 fully saturated rings. The number of benzene rings is 1. The lowest BCUT2D eigenvalue weighted by Gasteiger charge is -2.16. The van der Waals surface area contributed by atoms with E-state index in [1.165, 1.54) is 0 Å². The minimum Gasteiger partial charge on any atom is -0.360 e. The largest absolute Gasteiger partial charge is 0.360 e. The Bertz CT molecular complexity index is 355. The first-order valence-electron chi connectivity index (χ1n) is 5.45. The summed E-state index contributed by atoms with van der Waals surface area (Å²) in [6, 6.07) is 7.94. The third kappa shape index (κ3) is 4.37. The molecule has 0 amide bonds. The van der Waals surface area contributed by atoms with Crippen LogP contribution in [0.3, 0.4) is 0 Å². The lowest BCUT2D eigenvalue weighted by molar-refractivity contribution is 0.599. The maximum atomic E-state index is 6.02. The molecule has 1 atom stereocenters. The highest BCUT2D eigenvalue weighted by Gasteiger charge is 2.04. The van der Waals surface area contributed by atoms with Crippen molar-refractivity contribution in [2.75, 3.05) is 5.32 Å². The molecule has 0 saturated carbocycles. The summed E-state index contributed by atoms with van der Waals surface area (Å²) in [6.07, 6.45) is 2.24. The Balaban J connectivity index is 2.49. The van der Waals surface area contributed by atoms with Gasteiger partial charge in [-0.3, -0.25) is 0 Å². The van der Waals surface area contributed by atoms with Crippen LogP contribution >= 0.6 is 23.8 Å². The minimum atomic E-state index is 0.382. The van der Waals surface area contributed by atoms with Gasteiger partial charge in [0.25, 0.3) is 0 Å². The molecule has 0 aliphatic heterocycles. The van der Waals surface area contributed by atoms with Gasteiger partial charge in [-0.2, -0.15) is 0 Å². The smallest absolute Gasteiger partial charge is 0.171 e. The molecule has 0 aromatic heterocycles. The van der Waals surface area contributed by atoms with Gasteiger partial charge in [0.15, 0.2) is 5.11 Å². The summed E-state index contributed by atoms with van der Waals surface area (Å²) < 4.78 is 0. The van der Waals surface area contributed by atoms with Crippen molar-refractivity contribution in [1.29, 1.82) is 0 Å². The van der Waals surface area contributed by atoms with Gasteiger partial charge in [-0.25, -0.2) is 0 Å². The second kappa shape index (κ2) is 6.71. The summed E-state index contributed by atoms with van der Waals surface area (Å²) in [5.74, 6) is 0. The molecular formula is C12H17ClN2S. The van der Waals surface area contributed by atoms with Crippen LogP contribution in [0.2, 0.25) is 5.02 Å². The Morgan fingerprint density at radius 2 is 2.12 bits per heavy atom. The molecule has 0 bridgehead atoms. The average molecular weight is 257 g/mol. The van der Waals surface area contributed by atoms with Crippen molar-refractivity contribution in [1.82, 2.24) is 5.32 Å². The summed E-state index contributed by atoms with van der Waals surface area (Å²) in [4.78, 5) is 0. The van der Waals surface area contributed by atoms with Crippen molar-refractivity contribution in [3.05, 3.63) is 29.3 Å². The molecule has 88 valence electrons. The zero-order valence-electron chi connectivity index (χ0n) is 9.59. The number of nitrogens with one attached hydrogen (secondary N) is 2. The van der Waals surface area contributed by atoms with E-state index in [9.17, 15) is 0 Å². The molecule has 0 aliphatic rings. The fourth-order valence-electron chi connectivity index (χ4n) is 1.45. The van der Waals surface area contributed by atoms with E-state index >= 15 is 0 Å². The zero-order chi connectivity index (χ0) is 12.0. The molecule has 1 aromatic rings. The lowest BCUT2D eigenvalue weighted by atomic mass is 10.2. The van der Waals surface area contributed by atoms with Crippen LogP contribution in [0.25, 0.3) is 0 Å². The van der Waals surface area contributed by atoms with Gasteiger partial charge in [0.05, 0.1) is 10.7 Å². The second-order valence-electron chi connectivity index (χ2n) is 3.77. The van der Waals surface area contributed by atoms with Gasteiger partial charge in [-0.15, -0.1) is 0 Å². The molecule has 0 saturated heterocycles. The average Bonchev–Trinajstić information content (AvgIpc) is 2.21. The van der Waals surface area contributed by atoms with E-state index in [2.05, 4.69) is 24.5 Å². The molecule has 1 rings (SSSR count). The van der Waals surface area contributed by atoms with Crippen LogP contribution in [-0.4, -0.2) is 11.2 Å². The molecule has 0 spiro atoms. The third-order valence-corrected chi connectivity index (χ3v) is 2.77. The first-order chi connectivity index (χ1) is 7.63. The van der Waals surface area contributed by atoms with Gasteiger partial charge in [0.1, 0.15) is 0 Å². The van der Waals surface area contributed by atoms with Crippen molar-refractivity contribution in [3.63, 3.8) is 0 Å². The first kappa shape index (κ1) is 13.3. The summed E-state index contributed by atoms with van der Waals surface area (Å²) >= 11 is 11.2. The molecule has 0 aliphatic carbocycles. The van der Waals surface area contributed by atoms with Crippen molar-refractivity contribution in [2.45, 2.75) is 32.7 Å². The fraction of sp³-hybridized carbons (Fsp3) is 0.417. The minimum absolute atomic E-state index is 0.382. The molecule has 2 nitrogen and oxygen atoms in total. The number of hydrogen-bond acceptors (Lipinski definition) is 1. The Morgan fingerprint density at radius 3 is 2.75 bits per heavy atom. The van der Waals surface area contributed by atoms with E-state index in [1.807, 2.05) is 24.3 Å². The van der Waals surface area contributed by atoms with Crippen molar-refractivity contribution in [2.24, 2.45) is 0 Å². The molecular weight excluding hydrogens is 240 g/mol. The van der Waals surface area contributed by atoms with Gasteiger partial charge in [0, 0.05) is 6.04 Å². The lowest BCUT2D eigenvalue weighted by Crippen LogP contribution is -2.35. The molecule has 0 heterocycles. The zero-order valence-corrected chi connectivity index (χ0v) is 11.2. The third-order valence-electron chi connectivity index (χ3n) is 2.22. The van der Waals surface area contributed by atoms with E-state index in [-0.39, 0.29) is 0 Å². The molecule has 0 radical (unpaired) electrons. The summed E-state index contributed by atoms with van der Waals surface area (Å²) in [5.41, 5.74) is 0.838. The van der Waals surface area contributed by atoms with E-state index in [1.54, 1.807) is 0 Å². The SMILES string of the molecule is CCC[C@@H](C)NC(=S)Nc1ccccc1Cl. The van der Waals surface area contributed by atoms with Gasteiger partial charge >= 0.3 is 0 Å². The number of para-hydroxylation sites is 1. The number of hydrogen-bond donors (Lipinski definition) is 2. The highest BCUT2D eigenvalue weighted by Crippen LogP contribution is 2.20. The highest BCUT2D eigenvalue weighted by atomic mass is 35.5. The van der Waals surface area contributed by atoms with E-state index in [4.69, 9.17) is 23.8 Å². The Morgan fingerprint density at radius 1 is 1.44 bits per heavy atom. The Hall–Kier alpha value is -0.800. The Labute approximate surface area is 107 Å². The summed E-state index contributed by atoms with van der Waals surface area (Å²) in [5, 5.41) is 7.60. The summed E-state index contributed by atoms with van der Waals surface area (Å²) in [7, 11) is 0. The van der Waals surface area contributed by atoms with Crippen LogP contribution in [0.4, 0.5) is 5.69 Å². The summed E-state index contributed by atoms with van der Waals surface area (Å²) in [6.45, 7) is 4.27. The topological polar surface area (TPSA) is 24.1 Å². The monoisotopic (exact) mass is 256 g/mol. The predicted molar refractivity (Wildman–Crippen MR) is 75.2 cm³/mol. The molecule has 4 heteroatoms. The highest BCUT2D eigenvalue weighted by molar-refractivity contribution is 7.80. The number of rotatable bonds is 4. The number of thiocarbonyl (C=S) groups is 1. The standard InChI is InChI=1S/C12H17ClN2S/c1-3-6-9(2)14-12(16)15-11-8-5-4-7-10(11)13/h4-5,7-9H,3,6H2,1-2H3,(H2,14,15,16)/t9-/m1/s1. The maximum absolute atomic E-state index is 6.02. The van der Waals surface area contributed by atoms with Gasteiger partial charge < -0.3 is 10.6 Å². The Kier molecular flexibility index (Phi) is 5.56. The van der Waals surface area contributed by atoms with E-state index in [0.717, 1.165) is 18.5 Å². The van der Waals surface area contributed by atoms with E-state index < -0.39 is 0 Å². The van der Waals surface area contributed by atoms with Crippen LogP contribution in [0.1, 0.15) is 26.7 Å². The number of halogens is 1. The molecule has 1 aromatic carbocycles. The second-order valence-corrected chi connectivity index (χ2v) is 4.58. The van der Waals surface area contributed by atoms with Crippen LogP contribution < -0.4 is 10.6 Å². The van der Waals surface area contributed by atoms with Crippen molar-refractivity contribution < 1.29 is 0 Å². The van der Waals surface area contributed by atoms with Gasteiger partial charge in [0.2, 0.25) is 0 Å². The van der Waals surface area contributed by atoms with Crippen molar-refractivity contribution >= 4 is 34.6 Å². The normalized spacial score (nSPS) is 11.9. The van der Waals surface area contributed by atoms with Crippen LogP contribution in [-0.2, 0) is 0 Å². The predicted octanol–water partition coefficient (Wildman–Crippen LogP) is 3.82. The van der Waals surface area contributed by atoms with E-state index in [0.29, 0.717) is 16.2 Å². The fourth-order valence-corrected chi connectivity index (χ4v) is 1.94. The van der Waals surface area contributed by atoms with Crippen LogP contribution in [0.15, 0.2) is 24.3 Å². The van der Waals surface area contributed by atoms with Gasteiger partial charge in [-0.05, 0) is 37.7 Å². The molecule has 0 unspecified atom stereocenters. The van der Waals surface area contributed by atoms with Crippen LogP contribution in [0.5, 0.6) is 0 Å².